The fraction of sp³-hybridized carbons (Fsp3) is 0.364. The van der Waals surface area contributed by atoms with Crippen LogP contribution in [0.2, 0.25) is 0 Å². The summed E-state index contributed by atoms with van der Waals surface area (Å²) >= 11 is 0. The minimum Gasteiger partial charge on any atom is -0.475 e. The summed E-state index contributed by atoms with van der Waals surface area (Å²) in [5, 5.41) is 25.1. The highest BCUT2D eigenvalue weighted by molar-refractivity contribution is 5.92. The van der Waals surface area contributed by atoms with Crippen LogP contribution in [0.3, 0.4) is 0 Å². The van der Waals surface area contributed by atoms with Crippen LogP contribution in [0.4, 0.5) is 26.7 Å². The zero-order valence-corrected chi connectivity index (χ0v) is 35.7. The number of amides is 5. The van der Waals surface area contributed by atoms with Crippen molar-refractivity contribution in [2.45, 2.75) is 71.1 Å². The van der Waals surface area contributed by atoms with Crippen LogP contribution in [0.25, 0.3) is 11.1 Å². The van der Waals surface area contributed by atoms with Gasteiger partial charge in [-0.15, -0.1) is 0 Å². The summed E-state index contributed by atoms with van der Waals surface area (Å²) < 4.78 is 68.3. The van der Waals surface area contributed by atoms with Crippen LogP contribution in [0.1, 0.15) is 56.5 Å². The lowest BCUT2D eigenvalue weighted by molar-refractivity contribution is -0.192. The zero-order chi connectivity index (χ0) is 48.5. The van der Waals surface area contributed by atoms with E-state index in [9.17, 15) is 46.6 Å². The summed E-state index contributed by atoms with van der Waals surface area (Å²) in [7, 11) is 0. The van der Waals surface area contributed by atoms with Crippen molar-refractivity contribution in [3.05, 3.63) is 120 Å². The minimum absolute atomic E-state index is 0.00597. The van der Waals surface area contributed by atoms with E-state index in [0.29, 0.717) is 11.3 Å². The van der Waals surface area contributed by atoms with E-state index in [4.69, 9.17) is 26.1 Å². The van der Waals surface area contributed by atoms with Crippen LogP contribution in [-0.4, -0.2) is 99.9 Å². The summed E-state index contributed by atoms with van der Waals surface area (Å²) in [5.74, 6) is -7.14. The number of nitrogens with one attached hydrogen (secondary N) is 3. The predicted octanol–water partition coefficient (Wildman–Crippen LogP) is 4.14. The second kappa shape index (κ2) is 24.3. The van der Waals surface area contributed by atoms with Crippen molar-refractivity contribution in [1.29, 1.82) is 0 Å². The van der Waals surface area contributed by atoms with Crippen LogP contribution in [0.5, 0.6) is 0 Å². The molecule has 0 bridgehead atoms. The molecule has 4 rings (SSSR count). The zero-order valence-electron chi connectivity index (χ0n) is 35.7. The standard InChI is InChI=1S/C42H51F2N7O7.C2HF3O2/c1-42(2,3)38(35-20-29(31-21-30(43)14-15-32(31)44)24-50(35)23-27-10-6-4-7-11-27)51(37(54)25-52)19-16-34(49-39(55)33(45)22-36(46)53)40(56)47-17-18-48-41(57)58-26-28-12-8-5-9-13-28;3-2(4,5)1(6)7/h4-15,20-21,24,33-34,38,52H,16-19,22-23,25-26,45H2,1-3H3,(H2,46,53)(H,47,56)(H,48,57)(H,49,55);(H,6,7)/t33-,34-,38-;/m0./s1. The summed E-state index contributed by atoms with van der Waals surface area (Å²) in [5.41, 5.74) is 12.9. The molecule has 0 unspecified atom stereocenters. The van der Waals surface area contributed by atoms with E-state index < -0.39 is 90.1 Å². The number of aliphatic carboxylic acids is 1. The molecule has 1 aromatic heterocycles. The van der Waals surface area contributed by atoms with Crippen molar-refractivity contribution in [3.63, 3.8) is 0 Å². The maximum atomic E-state index is 15.2. The number of hydrogen-bond donors (Lipinski definition) is 7. The number of aliphatic hydroxyl groups is 1. The molecule has 9 N–H and O–H groups in total. The highest BCUT2D eigenvalue weighted by atomic mass is 19.4. The molecule has 65 heavy (non-hydrogen) atoms. The lowest BCUT2D eigenvalue weighted by atomic mass is 9.82. The minimum atomic E-state index is -5.08. The van der Waals surface area contributed by atoms with Gasteiger partial charge in [0.05, 0.1) is 18.5 Å². The van der Waals surface area contributed by atoms with Crippen LogP contribution < -0.4 is 27.4 Å². The Morgan fingerprint density at radius 2 is 1.43 bits per heavy atom. The van der Waals surface area contributed by atoms with Gasteiger partial charge in [0.15, 0.2) is 0 Å². The van der Waals surface area contributed by atoms with Gasteiger partial charge in [-0.3, -0.25) is 19.2 Å². The number of carbonyl (C=O) groups is 6. The number of aromatic nitrogens is 1. The Balaban J connectivity index is 0.00000148. The first-order chi connectivity index (χ1) is 30.5. The second-order valence-electron chi connectivity index (χ2n) is 15.6. The molecule has 352 valence electrons. The Bertz CT molecular complexity index is 2240. The maximum absolute atomic E-state index is 15.2. The smallest absolute Gasteiger partial charge is 0.475 e. The van der Waals surface area contributed by atoms with Crippen molar-refractivity contribution in [1.82, 2.24) is 25.4 Å². The molecule has 0 aliphatic rings. The lowest BCUT2D eigenvalue weighted by Crippen LogP contribution is -2.54. The molecule has 21 heteroatoms. The molecule has 4 aromatic rings. The third kappa shape index (κ3) is 17.0. The van der Waals surface area contributed by atoms with Gasteiger partial charge in [0.1, 0.15) is 30.9 Å². The fourth-order valence-electron chi connectivity index (χ4n) is 6.47. The number of primary amides is 1. The molecule has 16 nitrogen and oxygen atoms in total. The molecule has 0 fully saturated rings. The largest absolute Gasteiger partial charge is 0.490 e. The quantitative estimate of drug-likeness (QED) is 0.0523. The van der Waals surface area contributed by atoms with Crippen molar-refractivity contribution in [3.8, 4) is 11.1 Å². The van der Waals surface area contributed by atoms with E-state index in [0.717, 1.165) is 29.3 Å². The molecule has 5 amide bonds. The number of carboxylic acids is 1. The molecule has 3 atom stereocenters. The van der Waals surface area contributed by atoms with E-state index in [1.807, 2.05) is 73.9 Å². The Morgan fingerprint density at radius 1 is 0.846 bits per heavy atom. The number of halogens is 5. The van der Waals surface area contributed by atoms with Gasteiger partial charge in [-0.1, -0.05) is 81.4 Å². The van der Waals surface area contributed by atoms with E-state index in [2.05, 4.69) is 16.0 Å². The average molecular weight is 918 g/mol. The monoisotopic (exact) mass is 917 g/mol. The van der Waals surface area contributed by atoms with E-state index in [1.165, 1.54) is 4.90 Å². The molecular weight excluding hydrogens is 866 g/mol. The summed E-state index contributed by atoms with van der Waals surface area (Å²) in [4.78, 5) is 74.4. The number of carboxylic acid groups (broad SMARTS) is 1. The molecule has 0 aliphatic heterocycles. The Morgan fingerprint density at radius 3 is 1.98 bits per heavy atom. The third-order valence-corrected chi connectivity index (χ3v) is 9.43. The van der Waals surface area contributed by atoms with Crippen LogP contribution in [-0.2, 0) is 41.9 Å². The number of carbonyl (C=O) groups excluding carboxylic acids is 5. The summed E-state index contributed by atoms with van der Waals surface area (Å²) in [6.07, 6.45) is -4.82. The van der Waals surface area contributed by atoms with Crippen molar-refractivity contribution in [2.24, 2.45) is 16.9 Å². The predicted molar refractivity (Wildman–Crippen MR) is 226 cm³/mol. The van der Waals surface area contributed by atoms with Crippen LogP contribution >= 0.6 is 0 Å². The normalized spacial score (nSPS) is 12.6. The Kier molecular flexibility index (Phi) is 19.6. The number of hydrogen-bond acceptors (Lipinski definition) is 9. The number of benzene rings is 3. The van der Waals surface area contributed by atoms with Gasteiger partial charge in [-0.05, 0) is 47.2 Å². The van der Waals surface area contributed by atoms with Gasteiger partial charge in [0, 0.05) is 49.2 Å². The molecule has 0 radical (unpaired) electrons. The number of aliphatic hydroxyl groups excluding tert-OH is 1. The SMILES string of the molecule is CC(C)(C)[C@H](c1cc(-c2cc(F)ccc2F)cn1Cc1ccccc1)N(CC[C@H](NC(=O)[C@@H](N)CC(N)=O)C(=O)NCCNC(=O)OCc1ccccc1)C(=O)CO.O=C(O)C(F)(F)F. The van der Waals surface area contributed by atoms with Crippen LogP contribution in [0, 0.1) is 17.0 Å². The maximum Gasteiger partial charge on any atom is 0.490 e. The van der Waals surface area contributed by atoms with Crippen LogP contribution in [0.15, 0.2) is 91.1 Å². The topological polar surface area (TPSA) is 248 Å². The first-order valence-electron chi connectivity index (χ1n) is 20.0. The van der Waals surface area contributed by atoms with E-state index >= 15 is 4.39 Å². The summed E-state index contributed by atoms with van der Waals surface area (Å²) in [6, 6.07) is 19.7. The second-order valence-corrected chi connectivity index (χ2v) is 15.6. The van der Waals surface area contributed by atoms with Crippen molar-refractivity contribution < 1.29 is 65.7 Å². The average Bonchev–Trinajstić information content (AvgIpc) is 3.64. The molecule has 0 saturated heterocycles. The molecule has 3 aromatic carbocycles. The molecule has 0 spiro atoms. The molecular formula is C44H52F5N7O9. The van der Waals surface area contributed by atoms with Crippen molar-refractivity contribution in [2.75, 3.05) is 26.2 Å². The van der Waals surface area contributed by atoms with Gasteiger partial charge in [-0.25, -0.2) is 18.4 Å². The Labute approximate surface area is 371 Å². The number of nitrogens with zero attached hydrogens (tertiary/aromatic N) is 2. The highest BCUT2D eigenvalue weighted by Crippen LogP contribution is 2.41. The first kappa shape index (κ1) is 52.5. The third-order valence-electron chi connectivity index (χ3n) is 9.43. The van der Waals surface area contributed by atoms with E-state index in [-0.39, 0.29) is 44.8 Å². The van der Waals surface area contributed by atoms with Crippen molar-refractivity contribution >= 4 is 35.7 Å². The number of rotatable bonds is 19. The number of nitrogens with two attached hydrogens (primary N) is 2. The lowest BCUT2D eigenvalue weighted by Gasteiger charge is -2.41. The number of alkyl halides is 3. The van der Waals surface area contributed by atoms with Gasteiger partial charge in [0.25, 0.3) is 0 Å². The fourth-order valence-corrected chi connectivity index (χ4v) is 6.47. The van der Waals surface area contributed by atoms with Gasteiger partial charge >= 0.3 is 18.2 Å². The van der Waals surface area contributed by atoms with E-state index in [1.54, 1.807) is 24.4 Å². The number of ether oxygens (including phenoxy) is 1. The Hall–Kier alpha value is -6.87. The molecule has 0 aliphatic carbocycles. The van der Waals surface area contributed by atoms with Gasteiger partial charge < -0.3 is 51.8 Å². The molecule has 0 saturated carbocycles. The van der Waals surface area contributed by atoms with Gasteiger partial charge in [-0.2, -0.15) is 13.2 Å². The summed E-state index contributed by atoms with van der Waals surface area (Å²) in [6.45, 7) is 4.71. The molecule has 1 heterocycles. The number of alkyl carbamates (subject to hydrolysis) is 1. The highest BCUT2D eigenvalue weighted by Gasteiger charge is 2.39. The van der Waals surface area contributed by atoms with Gasteiger partial charge in [0.2, 0.25) is 23.6 Å². The first-order valence-corrected chi connectivity index (χ1v) is 20.0.